The molecule has 4 heterocycles. The van der Waals surface area contributed by atoms with Crippen LogP contribution >= 0.6 is 0 Å². The van der Waals surface area contributed by atoms with Crippen LogP contribution in [0.5, 0.6) is 0 Å². The first-order chi connectivity index (χ1) is 22.2. The number of aromatic nitrogens is 4. The number of hydrogen-bond donors (Lipinski definition) is 1. The molecule has 48 heavy (non-hydrogen) atoms. The maximum atomic E-state index is 12.7. The lowest BCUT2D eigenvalue weighted by atomic mass is 10.1. The number of esters is 1. The van der Waals surface area contributed by atoms with E-state index in [0.29, 0.717) is 27.9 Å². The lowest BCUT2D eigenvalue weighted by Gasteiger charge is -2.23. The van der Waals surface area contributed by atoms with Gasteiger partial charge in [-0.05, 0) is 86.6 Å². The van der Waals surface area contributed by atoms with Gasteiger partial charge in [0.25, 0.3) is 0 Å². The molecule has 11 nitrogen and oxygen atoms in total. The molecular weight excluding hydrogens is 633 g/mol. The largest absolute Gasteiger partial charge is 0.478 e. The Kier molecular flexibility index (Phi) is 13.5. The number of ether oxygens (including phenoxy) is 3. The zero-order valence-electron chi connectivity index (χ0n) is 29.2. The maximum Gasteiger partial charge on any atom is 0.446 e. The number of aldehydes is 1. The molecule has 0 saturated heterocycles. The van der Waals surface area contributed by atoms with E-state index in [4.69, 9.17) is 19.0 Å². The van der Waals surface area contributed by atoms with Crippen LogP contribution in [-0.4, -0.2) is 80.6 Å². The fourth-order valence-electron chi connectivity index (χ4n) is 5.18. The molecule has 264 valence electrons. The van der Waals surface area contributed by atoms with Gasteiger partial charge in [0.1, 0.15) is 16.9 Å². The van der Waals surface area contributed by atoms with E-state index in [9.17, 15) is 27.9 Å². The summed E-state index contributed by atoms with van der Waals surface area (Å²) in [5.74, 6) is -1.24. The first kappa shape index (κ1) is 39.9. The Bertz CT molecular complexity index is 1720. The maximum absolute atomic E-state index is 12.7. The Morgan fingerprint density at radius 1 is 0.812 bits per heavy atom. The Morgan fingerprint density at radius 3 is 1.52 bits per heavy atom. The van der Waals surface area contributed by atoms with Crippen molar-refractivity contribution in [2.24, 2.45) is 0 Å². The number of nitrogens with zero attached hydrogens (tertiary/aromatic N) is 4. The Balaban J connectivity index is 0.000000289. The lowest BCUT2D eigenvalue weighted by molar-refractivity contribution is -0.156. The van der Waals surface area contributed by atoms with Crippen molar-refractivity contribution in [3.63, 3.8) is 0 Å². The summed E-state index contributed by atoms with van der Waals surface area (Å²) in [4.78, 5) is 41.6. The van der Waals surface area contributed by atoms with E-state index in [0.717, 1.165) is 16.7 Å². The summed E-state index contributed by atoms with van der Waals surface area (Å²) in [6.45, 7) is 17.4. The highest BCUT2D eigenvalue weighted by Crippen LogP contribution is 2.31. The first-order valence-electron chi connectivity index (χ1n) is 15.2. The molecule has 0 aliphatic rings. The van der Waals surface area contributed by atoms with Gasteiger partial charge in [0.15, 0.2) is 0 Å². The summed E-state index contributed by atoms with van der Waals surface area (Å²) in [6, 6.07) is 7.35. The van der Waals surface area contributed by atoms with Gasteiger partial charge in [-0.3, -0.25) is 4.79 Å². The van der Waals surface area contributed by atoms with Gasteiger partial charge in [0.2, 0.25) is 6.29 Å². The molecule has 4 atom stereocenters. The highest BCUT2D eigenvalue weighted by molar-refractivity contribution is 6.05. The second-order valence-corrected chi connectivity index (χ2v) is 12.2. The summed E-state index contributed by atoms with van der Waals surface area (Å²) < 4.78 is 51.6. The predicted molar refractivity (Wildman–Crippen MR) is 176 cm³/mol. The molecule has 0 spiro atoms. The standard InChI is InChI=1S/C18H26N2O3.C14H18N2O3.C2HF3O/c1-11(13(3)22-7)20-12(2)15(17(21)23-18(4,5)6)14-9-8-10-19-16(14)20;1-8(10(3)19-4)16-9(2)12(14(17)18)11-6-5-7-15-13(11)16;3-2(4,5)1-6/h8-11,13H,1-7H3;5-8,10H,1-4H3,(H,17,18);1H. The number of aromatic carboxylic acids is 1. The van der Waals surface area contributed by atoms with Crippen molar-refractivity contribution in [3.8, 4) is 0 Å². The number of carboxylic acids is 1. The van der Waals surface area contributed by atoms with Gasteiger partial charge in [0, 0.05) is 48.8 Å². The monoisotopic (exact) mass is 678 g/mol. The molecule has 1 N–H and O–H groups in total. The number of rotatable bonds is 8. The minimum Gasteiger partial charge on any atom is -0.478 e. The molecular formula is C34H45F3N4O7. The van der Waals surface area contributed by atoms with Gasteiger partial charge in [-0.15, -0.1) is 0 Å². The molecule has 0 bridgehead atoms. The Morgan fingerprint density at radius 2 is 1.19 bits per heavy atom. The Labute approximate surface area is 278 Å². The summed E-state index contributed by atoms with van der Waals surface area (Å²) in [5, 5.41) is 10.9. The van der Waals surface area contributed by atoms with Gasteiger partial charge in [0.05, 0.1) is 35.4 Å². The topological polar surface area (TPSA) is 135 Å². The van der Waals surface area contributed by atoms with Crippen molar-refractivity contribution < 1.29 is 46.9 Å². The van der Waals surface area contributed by atoms with Crippen LogP contribution in [0.4, 0.5) is 13.2 Å². The van der Waals surface area contributed by atoms with E-state index in [1.807, 2.05) is 72.1 Å². The van der Waals surface area contributed by atoms with Crippen LogP contribution in [0.25, 0.3) is 22.1 Å². The number of methoxy groups -OCH3 is 2. The fraction of sp³-hybridized carbons (Fsp3) is 0.500. The number of hydrogen-bond acceptors (Lipinski definition) is 8. The molecule has 0 aliphatic heterocycles. The molecule has 0 fully saturated rings. The van der Waals surface area contributed by atoms with Crippen LogP contribution in [0.3, 0.4) is 0 Å². The SMILES string of the molecule is COC(C)C(C)n1c(C)c(C(=O)O)c2cccnc21.COC(C)C(C)n1c(C)c(C(=O)OC(C)(C)C)c2cccnc21.O=CC(F)(F)F. The van der Waals surface area contributed by atoms with Crippen LogP contribution < -0.4 is 0 Å². The number of fused-ring (bicyclic) bond motifs is 2. The molecule has 4 unspecified atom stereocenters. The first-order valence-corrected chi connectivity index (χ1v) is 15.2. The number of alkyl halides is 3. The average Bonchev–Trinajstić information content (AvgIpc) is 3.48. The molecule has 0 amide bonds. The van der Waals surface area contributed by atoms with Crippen molar-refractivity contribution >= 4 is 40.3 Å². The third-order valence-corrected chi connectivity index (χ3v) is 7.88. The van der Waals surface area contributed by atoms with Crippen molar-refractivity contribution in [2.45, 2.75) is 98.4 Å². The van der Waals surface area contributed by atoms with Crippen LogP contribution in [0.15, 0.2) is 36.7 Å². The second kappa shape index (κ2) is 16.2. The predicted octanol–water partition coefficient (Wildman–Crippen LogP) is 7.28. The third-order valence-electron chi connectivity index (χ3n) is 7.88. The van der Waals surface area contributed by atoms with Crippen molar-refractivity contribution in [1.29, 1.82) is 0 Å². The van der Waals surface area contributed by atoms with Crippen LogP contribution in [0.2, 0.25) is 0 Å². The fourth-order valence-corrected chi connectivity index (χ4v) is 5.18. The van der Waals surface area contributed by atoms with Gasteiger partial charge in [-0.25, -0.2) is 19.6 Å². The van der Waals surface area contributed by atoms with E-state index >= 15 is 0 Å². The quantitative estimate of drug-likeness (QED) is 0.151. The molecule has 0 saturated carbocycles. The van der Waals surface area contributed by atoms with Crippen LogP contribution in [0.1, 0.15) is 92.7 Å². The number of halogens is 3. The third kappa shape index (κ3) is 9.41. The zero-order chi connectivity index (χ0) is 36.7. The van der Waals surface area contributed by atoms with Crippen molar-refractivity contribution in [2.75, 3.05) is 14.2 Å². The lowest BCUT2D eigenvalue weighted by Crippen LogP contribution is -2.25. The summed E-state index contributed by atoms with van der Waals surface area (Å²) in [5.41, 5.74) is 3.39. The molecule has 4 aromatic heterocycles. The number of pyridine rings is 2. The van der Waals surface area contributed by atoms with E-state index in [2.05, 4.69) is 21.5 Å². The van der Waals surface area contributed by atoms with Gasteiger partial charge < -0.3 is 28.5 Å². The normalized spacial score (nSPS) is 14.2. The number of carbonyl (C=O) groups excluding carboxylic acids is 2. The van der Waals surface area contributed by atoms with Crippen LogP contribution in [-0.2, 0) is 19.0 Å². The van der Waals surface area contributed by atoms with E-state index in [1.165, 1.54) is 0 Å². The van der Waals surface area contributed by atoms with Crippen LogP contribution in [0, 0.1) is 13.8 Å². The minimum atomic E-state index is -4.64. The molecule has 4 rings (SSSR count). The van der Waals surface area contributed by atoms with E-state index < -0.39 is 24.0 Å². The number of carboxylic acid groups (broad SMARTS) is 1. The summed E-state index contributed by atoms with van der Waals surface area (Å²) in [7, 11) is 3.33. The zero-order valence-corrected chi connectivity index (χ0v) is 29.2. The molecule has 0 aliphatic carbocycles. The highest BCUT2D eigenvalue weighted by atomic mass is 19.4. The highest BCUT2D eigenvalue weighted by Gasteiger charge is 2.29. The second-order valence-electron chi connectivity index (χ2n) is 12.2. The van der Waals surface area contributed by atoms with Crippen molar-refractivity contribution in [3.05, 3.63) is 59.2 Å². The number of carbonyl (C=O) groups is 3. The average molecular weight is 679 g/mol. The molecule has 4 aromatic rings. The van der Waals surface area contributed by atoms with E-state index in [1.54, 1.807) is 38.7 Å². The smallest absolute Gasteiger partial charge is 0.446 e. The van der Waals surface area contributed by atoms with Gasteiger partial charge >= 0.3 is 18.1 Å². The summed E-state index contributed by atoms with van der Waals surface area (Å²) in [6.07, 6.45) is -2.32. The molecule has 0 aromatic carbocycles. The molecule has 14 heteroatoms. The van der Waals surface area contributed by atoms with Gasteiger partial charge in [-0.1, -0.05) is 0 Å². The minimum absolute atomic E-state index is 0.00204. The Hall–Kier alpha value is -4.30. The van der Waals surface area contributed by atoms with Crippen molar-refractivity contribution in [1.82, 2.24) is 19.1 Å². The van der Waals surface area contributed by atoms with Gasteiger partial charge in [-0.2, -0.15) is 13.2 Å². The molecule has 0 radical (unpaired) electrons. The summed E-state index contributed by atoms with van der Waals surface area (Å²) >= 11 is 0. The van der Waals surface area contributed by atoms with E-state index in [-0.39, 0.29) is 30.3 Å².